The number of aliphatic hydroxyl groups is 2. The Balaban J connectivity index is 1.46. The van der Waals surface area contributed by atoms with Gasteiger partial charge >= 0.3 is 0 Å². The lowest BCUT2D eigenvalue weighted by Crippen LogP contribution is -2.81. The van der Waals surface area contributed by atoms with E-state index in [0.717, 1.165) is 4.90 Å². The van der Waals surface area contributed by atoms with Crippen molar-refractivity contribution in [3.8, 4) is 0 Å². The van der Waals surface area contributed by atoms with E-state index in [1.54, 1.807) is 30.3 Å². The summed E-state index contributed by atoms with van der Waals surface area (Å²) in [6.45, 7) is -0.246. The van der Waals surface area contributed by atoms with Gasteiger partial charge in [0.25, 0.3) is 5.91 Å². The average Bonchev–Trinajstić information content (AvgIpc) is 3.37. The highest BCUT2D eigenvalue weighted by Gasteiger charge is 2.74. The van der Waals surface area contributed by atoms with Crippen molar-refractivity contribution in [2.75, 3.05) is 13.1 Å². The van der Waals surface area contributed by atoms with Crippen LogP contribution >= 0.6 is 0 Å². The van der Waals surface area contributed by atoms with Gasteiger partial charge in [-0.25, -0.2) is 0 Å². The molecule has 0 saturated carbocycles. The van der Waals surface area contributed by atoms with Gasteiger partial charge in [0.15, 0.2) is 17.6 Å². The summed E-state index contributed by atoms with van der Waals surface area (Å²) in [6.07, 6.45) is 0.202. The molecule has 13 nitrogen and oxygen atoms in total. The van der Waals surface area contributed by atoms with E-state index in [2.05, 4.69) is 21.3 Å². The first-order chi connectivity index (χ1) is 15.6. The van der Waals surface area contributed by atoms with Gasteiger partial charge in [-0.05, 0) is 12.1 Å². The van der Waals surface area contributed by atoms with Crippen molar-refractivity contribution < 1.29 is 24.6 Å². The molecule has 1 aromatic carbocycles. The van der Waals surface area contributed by atoms with E-state index in [-0.39, 0.29) is 49.7 Å². The highest BCUT2D eigenvalue weighted by Crippen LogP contribution is 2.43. The molecule has 0 bridgehead atoms. The maximum absolute atomic E-state index is 12.7. The van der Waals surface area contributed by atoms with E-state index >= 15 is 0 Å². The van der Waals surface area contributed by atoms with Crippen LogP contribution in [0.25, 0.3) is 0 Å². The van der Waals surface area contributed by atoms with Crippen LogP contribution in [-0.4, -0.2) is 92.3 Å². The summed E-state index contributed by atoms with van der Waals surface area (Å²) in [7, 11) is 0. The number of carbonyl (C=O) groups excluding carboxylic acids is 3. The zero-order chi connectivity index (χ0) is 23.5. The van der Waals surface area contributed by atoms with Crippen LogP contribution in [-0.2, 0) is 9.59 Å². The molecule has 3 amide bonds. The maximum Gasteiger partial charge on any atom is 0.251 e. The molecule has 1 aromatic rings. The van der Waals surface area contributed by atoms with Gasteiger partial charge in [-0.2, -0.15) is 0 Å². The van der Waals surface area contributed by atoms with Gasteiger partial charge in [-0.15, -0.1) is 0 Å². The van der Waals surface area contributed by atoms with Crippen molar-refractivity contribution in [2.45, 2.75) is 42.4 Å². The number of hydrogen-bond donors (Lipinski definition) is 8. The predicted molar refractivity (Wildman–Crippen MR) is 113 cm³/mol. The van der Waals surface area contributed by atoms with Crippen molar-refractivity contribution in [3.05, 3.63) is 35.9 Å². The summed E-state index contributed by atoms with van der Waals surface area (Å²) >= 11 is 0. The van der Waals surface area contributed by atoms with Crippen molar-refractivity contribution in [1.29, 1.82) is 10.8 Å². The van der Waals surface area contributed by atoms with E-state index in [9.17, 15) is 24.6 Å². The Morgan fingerprint density at radius 3 is 2.45 bits per heavy atom. The zero-order valence-electron chi connectivity index (χ0n) is 17.5. The molecular weight excluding hydrogens is 432 g/mol. The van der Waals surface area contributed by atoms with Gasteiger partial charge < -0.3 is 36.4 Å². The van der Waals surface area contributed by atoms with Crippen LogP contribution in [0.3, 0.4) is 0 Å². The van der Waals surface area contributed by atoms with Crippen LogP contribution in [0.1, 0.15) is 23.2 Å². The summed E-state index contributed by atoms with van der Waals surface area (Å²) in [5, 5.41) is 50.5. The van der Waals surface area contributed by atoms with Gasteiger partial charge in [0.2, 0.25) is 17.6 Å². The van der Waals surface area contributed by atoms with Crippen LogP contribution in [0.4, 0.5) is 0 Å². The SMILES string of the molecule is N=C1NC2[C@H](CN3C(=O)CCC3=O)NC(=N)N3CC(NC(=O)c4ccccc4)C(O)(O)[C@@]23N1. The molecule has 4 heterocycles. The Kier molecular flexibility index (Phi) is 4.58. The number of nitrogens with one attached hydrogen (secondary N) is 6. The van der Waals surface area contributed by atoms with Gasteiger partial charge in [0, 0.05) is 24.9 Å². The highest BCUT2D eigenvalue weighted by atomic mass is 16.5. The Morgan fingerprint density at radius 1 is 1.12 bits per heavy atom. The fourth-order valence-electron chi connectivity index (χ4n) is 5.19. The summed E-state index contributed by atoms with van der Waals surface area (Å²) in [5.74, 6) is -4.24. The minimum atomic E-state index is -2.62. The first kappa shape index (κ1) is 21.2. The molecule has 4 fully saturated rings. The summed E-state index contributed by atoms with van der Waals surface area (Å²) in [4.78, 5) is 39.4. The zero-order valence-corrected chi connectivity index (χ0v) is 17.5. The summed E-state index contributed by atoms with van der Waals surface area (Å²) < 4.78 is 0. The van der Waals surface area contributed by atoms with Crippen molar-refractivity contribution >= 4 is 29.6 Å². The molecule has 4 aliphatic heterocycles. The van der Waals surface area contributed by atoms with E-state index in [4.69, 9.17) is 10.8 Å². The molecular formula is C20H24N8O5. The lowest BCUT2D eigenvalue weighted by atomic mass is 9.84. The number of carbonyl (C=O) groups is 3. The quantitative estimate of drug-likeness (QED) is 0.172. The Bertz CT molecular complexity index is 1050. The number of benzene rings is 1. The lowest BCUT2D eigenvalue weighted by molar-refractivity contribution is -0.232. The molecule has 4 aliphatic rings. The molecule has 33 heavy (non-hydrogen) atoms. The standard InChI is InChI=1S/C20H24N8O5/c21-17-25-15-11(8-27-13(29)6-7-14(27)30)23-18(22)28-9-12(20(32,33)19(15,28)26-17)24-16(31)10-4-2-1-3-5-10/h1-5,11-12,15,32-33H,6-9H2,(H2,22,23)(H,24,31)(H3,21,25,26)/t11-,12?,15?,19+/m0/s1. The number of nitrogens with zero attached hydrogens (tertiary/aromatic N) is 2. The molecule has 2 unspecified atom stereocenters. The van der Waals surface area contributed by atoms with Crippen LogP contribution < -0.4 is 21.3 Å². The molecule has 4 saturated heterocycles. The molecule has 1 spiro atoms. The minimum absolute atomic E-state index is 0.101. The minimum Gasteiger partial charge on any atom is -0.361 e. The molecule has 174 valence electrons. The van der Waals surface area contributed by atoms with Gasteiger partial charge in [-0.1, -0.05) is 18.2 Å². The van der Waals surface area contributed by atoms with Crippen molar-refractivity contribution in [2.24, 2.45) is 0 Å². The normalized spacial score (nSPS) is 32.1. The molecule has 8 N–H and O–H groups in total. The molecule has 5 rings (SSSR count). The second-order valence-corrected chi connectivity index (χ2v) is 8.61. The number of rotatable bonds is 4. The van der Waals surface area contributed by atoms with Crippen LogP contribution in [0.15, 0.2) is 30.3 Å². The Labute approximate surface area is 188 Å². The summed E-state index contributed by atoms with van der Waals surface area (Å²) in [5.41, 5.74) is -1.47. The number of amides is 3. The van der Waals surface area contributed by atoms with E-state index in [0.29, 0.717) is 5.56 Å². The topological polar surface area (TPSA) is 194 Å². The fourth-order valence-corrected chi connectivity index (χ4v) is 5.19. The molecule has 0 aromatic heterocycles. The van der Waals surface area contributed by atoms with Crippen molar-refractivity contribution in [3.63, 3.8) is 0 Å². The van der Waals surface area contributed by atoms with E-state index in [1.165, 1.54) is 4.90 Å². The maximum atomic E-state index is 12.7. The number of imide groups is 1. The van der Waals surface area contributed by atoms with Crippen LogP contribution in [0, 0.1) is 10.8 Å². The third-order valence-electron chi connectivity index (χ3n) is 6.77. The first-order valence-electron chi connectivity index (χ1n) is 10.5. The number of guanidine groups is 2. The van der Waals surface area contributed by atoms with Crippen LogP contribution in [0.5, 0.6) is 0 Å². The van der Waals surface area contributed by atoms with Gasteiger partial charge in [0.1, 0.15) is 6.04 Å². The fraction of sp³-hybridized carbons (Fsp3) is 0.450. The molecule has 0 aliphatic carbocycles. The third-order valence-corrected chi connectivity index (χ3v) is 6.77. The Hall–Kier alpha value is -3.71. The smallest absolute Gasteiger partial charge is 0.251 e. The first-order valence-corrected chi connectivity index (χ1v) is 10.5. The molecule has 13 heteroatoms. The second-order valence-electron chi connectivity index (χ2n) is 8.61. The highest BCUT2D eigenvalue weighted by molar-refractivity contribution is 6.02. The van der Waals surface area contributed by atoms with Gasteiger partial charge in [-0.3, -0.25) is 30.1 Å². The number of likely N-dealkylation sites (tertiary alicyclic amines) is 1. The van der Waals surface area contributed by atoms with Crippen molar-refractivity contribution in [1.82, 2.24) is 31.1 Å². The van der Waals surface area contributed by atoms with E-state index in [1.807, 2.05) is 0 Å². The largest absolute Gasteiger partial charge is 0.361 e. The average molecular weight is 456 g/mol. The molecule has 4 atom stereocenters. The van der Waals surface area contributed by atoms with Gasteiger partial charge in [0.05, 0.1) is 18.6 Å². The Morgan fingerprint density at radius 2 is 1.79 bits per heavy atom. The molecule has 0 radical (unpaired) electrons. The number of hydrogen-bond acceptors (Lipinski definition) is 7. The van der Waals surface area contributed by atoms with E-state index < -0.39 is 35.5 Å². The third kappa shape index (κ3) is 2.96. The second kappa shape index (κ2) is 7.15. The van der Waals surface area contributed by atoms with Crippen LogP contribution in [0.2, 0.25) is 0 Å². The lowest BCUT2D eigenvalue weighted by Gasteiger charge is -2.51. The predicted octanol–water partition coefficient (Wildman–Crippen LogP) is -2.97. The summed E-state index contributed by atoms with van der Waals surface area (Å²) in [6, 6.07) is 5.35. The monoisotopic (exact) mass is 456 g/mol.